The fourth-order valence-corrected chi connectivity index (χ4v) is 3.20. The number of carbonyl (C=O) groups is 1. The summed E-state index contributed by atoms with van der Waals surface area (Å²) in [6.45, 7) is 11.8. The van der Waals surface area contributed by atoms with Crippen LogP contribution in [0.2, 0.25) is 0 Å². The number of nitrogens with one attached hydrogen (secondary N) is 2. The van der Waals surface area contributed by atoms with Crippen molar-refractivity contribution >= 4 is 18.3 Å². The average molecular weight is 320 g/mol. The van der Waals surface area contributed by atoms with Gasteiger partial charge in [0.2, 0.25) is 5.91 Å². The Morgan fingerprint density at radius 3 is 2.71 bits per heavy atom. The van der Waals surface area contributed by atoms with Crippen LogP contribution in [-0.4, -0.2) is 62.3 Å². The third-order valence-corrected chi connectivity index (χ3v) is 4.41. The normalized spacial score (nSPS) is 27.5. The highest BCUT2D eigenvalue weighted by molar-refractivity contribution is 5.85. The summed E-state index contributed by atoms with van der Waals surface area (Å²) in [4.78, 5) is 14.8. The standard InChI is InChI=1S/C15H29N3O2.ClH/c1-12(11-18-7-9-20-10-8-18)17-14(19)13-15(2,3)5-4-6-16-13;/h12-13,16H,4-11H2,1-3H3,(H,17,19);1H. The van der Waals surface area contributed by atoms with Gasteiger partial charge in [-0.05, 0) is 31.7 Å². The topological polar surface area (TPSA) is 53.6 Å². The van der Waals surface area contributed by atoms with E-state index in [2.05, 4.69) is 36.3 Å². The summed E-state index contributed by atoms with van der Waals surface area (Å²) in [5, 5.41) is 6.54. The summed E-state index contributed by atoms with van der Waals surface area (Å²) in [6, 6.07) is 0.114. The van der Waals surface area contributed by atoms with Gasteiger partial charge >= 0.3 is 0 Å². The average Bonchev–Trinajstić information content (AvgIpc) is 2.38. The highest BCUT2D eigenvalue weighted by Gasteiger charge is 2.37. The van der Waals surface area contributed by atoms with Crippen LogP contribution in [-0.2, 0) is 9.53 Å². The van der Waals surface area contributed by atoms with E-state index in [1.807, 2.05) is 0 Å². The van der Waals surface area contributed by atoms with Crippen LogP contribution in [0, 0.1) is 5.41 Å². The first-order chi connectivity index (χ1) is 9.49. The summed E-state index contributed by atoms with van der Waals surface area (Å²) in [5.74, 6) is 0.149. The van der Waals surface area contributed by atoms with Gasteiger partial charge in [-0.15, -0.1) is 12.4 Å². The van der Waals surface area contributed by atoms with Crippen molar-refractivity contribution in [2.75, 3.05) is 39.4 Å². The molecule has 1 amide bonds. The number of amides is 1. The number of nitrogens with zero attached hydrogens (tertiary/aromatic N) is 1. The molecule has 2 heterocycles. The molecule has 0 aromatic rings. The molecule has 0 aliphatic carbocycles. The van der Waals surface area contributed by atoms with Gasteiger partial charge in [-0.25, -0.2) is 0 Å². The number of hydrogen-bond acceptors (Lipinski definition) is 4. The van der Waals surface area contributed by atoms with Crippen molar-refractivity contribution < 1.29 is 9.53 Å². The SMILES string of the molecule is CC(CN1CCOCC1)NC(=O)C1NCCCC1(C)C.Cl. The molecule has 6 heteroatoms. The van der Waals surface area contributed by atoms with Gasteiger partial charge in [-0.2, -0.15) is 0 Å². The van der Waals surface area contributed by atoms with E-state index in [1.165, 1.54) is 0 Å². The predicted octanol–water partition coefficient (Wildman–Crippen LogP) is 1.02. The van der Waals surface area contributed by atoms with Gasteiger partial charge in [-0.3, -0.25) is 9.69 Å². The molecule has 0 spiro atoms. The molecule has 2 rings (SSSR count). The second kappa shape index (κ2) is 8.32. The van der Waals surface area contributed by atoms with Crippen LogP contribution < -0.4 is 10.6 Å². The molecule has 2 aliphatic rings. The summed E-state index contributed by atoms with van der Waals surface area (Å²) in [7, 11) is 0. The molecule has 2 unspecified atom stereocenters. The van der Waals surface area contributed by atoms with E-state index in [9.17, 15) is 4.79 Å². The van der Waals surface area contributed by atoms with Crippen molar-refractivity contribution in [1.29, 1.82) is 0 Å². The van der Waals surface area contributed by atoms with Crippen LogP contribution in [0.25, 0.3) is 0 Å². The molecule has 2 N–H and O–H groups in total. The number of carbonyl (C=O) groups excluding carboxylic acids is 1. The Balaban J connectivity index is 0.00000220. The smallest absolute Gasteiger partial charge is 0.237 e. The Kier molecular flexibility index (Phi) is 7.40. The molecule has 5 nitrogen and oxygen atoms in total. The van der Waals surface area contributed by atoms with E-state index in [0.29, 0.717) is 0 Å². The Hall–Kier alpha value is -0.360. The zero-order valence-corrected chi connectivity index (χ0v) is 14.3. The number of morpholine rings is 1. The summed E-state index contributed by atoms with van der Waals surface area (Å²) < 4.78 is 5.35. The zero-order chi connectivity index (χ0) is 14.6. The van der Waals surface area contributed by atoms with Crippen LogP contribution in [0.4, 0.5) is 0 Å². The van der Waals surface area contributed by atoms with Gasteiger partial charge in [0.15, 0.2) is 0 Å². The second-order valence-corrected chi connectivity index (χ2v) is 6.80. The lowest BCUT2D eigenvalue weighted by atomic mass is 9.77. The molecule has 2 aliphatic heterocycles. The molecular formula is C15H30ClN3O2. The molecule has 21 heavy (non-hydrogen) atoms. The molecule has 124 valence electrons. The maximum atomic E-state index is 12.4. The van der Waals surface area contributed by atoms with Gasteiger partial charge in [0, 0.05) is 25.7 Å². The van der Waals surface area contributed by atoms with E-state index >= 15 is 0 Å². The van der Waals surface area contributed by atoms with Crippen molar-refractivity contribution in [2.24, 2.45) is 5.41 Å². The number of piperidine rings is 1. The lowest BCUT2D eigenvalue weighted by Gasteiger charge is -2.39. The molecule has 2 fully saturated rings. The second-order valence-electron chi connectivity index (χ2n) is 6.80. The van der Waals surface area contributed by atoms with Crippen molar-refractivity contribution in [3.63, 3.8) is 0 Å². The Labute approximate surface area is 134 Å². The van der Waals surface area contributed by atoms with Crippen molar-refractivity contribution in [3.05, 3.63) is 0 Å². The van der Waals surface area contributed by atoms with E-state index in [0.717, 1.165) is 52.2 Å². The fourth-order valence-electron chi connectivity index (χ4n) is 3.20. The Morgan fingerprint density at radius 2 is 2.10 bits per heavy atom. The summed E-state index contributed by atoms with van der Waals surface area (Å²) in [5.41, 5.74) is 0.0427. The van der Waals surface area contributed by atoms with Crippen LogP contribution in [0.3, 0.4) is 0 Å². The highest BCUT2D eigenvalue weighted by Crippen LogP contribution is 2.30. The molecule has 2 atom stereocenters. The third kappa shape index (κ3) is 5.40. The van der Waals surface area contributed by atoms with Gasteiger partial charge < -0.3 is 15.4 Å². The maximum absolute atomic E-state index is 12.4. The molecule has 0 bridgehead atoms. The van der Waals surface area contributed by atoms with E-state index in [4.69, 9.17) is 4.74 Å². The fraction of sp³-hybridized carbons (Fsp3) is 0.933. The number of ether oxygens (including phenoxy) is 1. The monoisotopic (exact) mass is 319 g/mol. The molecule has 0 saturated carbocycles. The quantitative estimate of drug-likeness (QED) is 0.812. The van der Waals surface area contributed by atoms with E-state index in [-0.39, 0.29) is 35.8 Å². The third-order valence-electron chi connectivity index (χ3n) is 4.41. The molecule has 0 radical (unpaired) electrons. The lowest BCUT2D eigenvalue weighted by molar-refractivity contribution is -0.127. The number of hydrogen-bond donors (Lipinski definition) is 2. The maximum Gasteiger partial charge on any atom is 0.237 e. The van der Waals surface area contributed by atoms with Gasteiger partial charge in [0.05, 0.1) is 19.3 Å². The Bertz CT molecular complexity index is 333. The molecule has 0 aromatic carbocycles. The van der Waals surface area contributed by atoms with Gasteiger partial charge in [0.1, 0.15) is 0 Å². The minimum Gasteiger partial charge on any atom is -0.379 e. The number of halogens is 1. The van der Waals surface area contributed by atoms with Gasteiger partial charge in [0.25, 0.3) is 0 Å². The zero-order valence-electron chi connectivity index (χ0n) is 13.5. The first kappa shape index (κ1) is 18.7. The predicted molar refractivity (Wildman–Crippen MR) is 86.9 cm³/mol. The van der Waals surface area contributed by atoms with Crippen LogP contribution in [0.15, 0.2) is 0 Å². The first-order valence-electron chi connectivity index (χ1n) is 7.83. The number of rotatable bonds is 4. The highest BCUT2D eigenvalue weighted by atomic mass is 35.5. The molecule has 0 aromatic heterocycles. The molecular weight excluding hydrogens is 290 g/mol. The van der Waals surface area contributed by atoms with Gasteiger partial charge in [-0.1, -0.05) is 13.8 Å². The van der Waals surface area contributed by atoms with Crippen LogP contribution in [0.1, 0.15) is 33.6 Å². The largest absolute Gasteiger partial charge is 0.379 e. The van der Waals surface area contributed by atoms with E-state index < -0.39 is 0 Å². The van der Waals surface area contributed by atoms with Crippen LogP contribution in [0.5, 0.6) is 0 Å². The summed E-state index contributed by atoms with van der Waals surface area (Å²) in [6.07, 6.45) is 2.26. The van der Waals surface area contributed by atoms with Crippen LogP contribution >= 0.6 is 12.4 Å². The van der Waals surface area contributed by atoms with Crippen molar-refractivity contribution in [3.8, 4) is 0 Å². The molecule has 2 saturated heterocycles. The minimum atomic E-state index is -0.0663. The Morgan fingerprint density at radius 1 is 1.43 bits per heavy atom. The van der Waals surface area contributed by atoms with Crippen molar-refractivity contribution in [2.45, 2.75) is 45.7 Å². The first-order valence-corrected chi connectivity index (χ1v) is 7.83. The van der Waals surface area contributed by atoms with Crippen molar-refractivity contribution in [1.82, 2.24) is 15.5 Å². The minimum absolute atomic E-state index is 0. The lowest BCUT2D eigenvalue weighted by Crippen LogP contribution is -2.58. The van der Waals surface area contributed by atoms with E-state index in [1.54, 1.807) is 0 Å². The summed E-state index contributed by atoms with van der Waals surface area (Å²) >= 11 is 0.